The quantitative estimate of drug-likeness (QED) is 0.0351. The highest BCUT2D eigenvalue weighted by atomic mass is 16.6. The van der Waals surface area contributed by atoms with Crippen molar-refractivity contribution >= 4 is 23.7 Å². The van der Waals surface area contributed by atoms with Gasteiger partial charge >= 0.3 is 17.9 Å². The fraction of sp³-hybridized carbons (Fsp3) is 0.838. The molecule has 4 atom stereocenters. The largest absolute Gasteiger partial charge is 0.481 e. The van der Waals surface area contributed by atoms with E-state index in [-0.39, 0.29) is 65.7 Å². The molecular weight excluding hydrogens is 1760 g/mol. The first-order chi connectivity index (χ1) is 63.4. The van der Waals surface area contributed by atoms with Crippen molar-refractivity contribution in [2.24, 2.45) is 189 Å². The van der Waals surface area contributed by atoms with E-state index in [9.17, 15) is 19.2 Å². The number of ketones is 1. The highest BCUT2D eigenvalue weighted by Gasteiger charge is 2.28. The summed E-state index contributed by atoms with van der Waals surface area (Å²) in [7, 11) is 0. The molecule has 868 valence electrons. The average Bonchev–Trinajstić information content (AvgIpc) is 1.71. The summed E-state index contributed by atoms with van der Waals surface area (Å²) in [4.78, 5) is 44.9. The number of ether oxygens (including phenoxy) is 2. The van der Waals surface area contributed by atoms with Crippen LogP contribution in [-0.2, 0) is 28.7 Å². The van der Waals surface area contributed by atoms with Gasteiger partial charge in [-0.05, 0) is 299 Å². The number of hydrogen-bond acceptors (Lipinski definition) is 7. The minimum Gasteiger partial charge on any atom is -0.481 e. The van der Waals surface area contributed by atoms with E-state index in [4.69, 9.17) is 20.3 Å². The van der Waals surface area contributed by atoms with Crippen LogP contribution in [0.3, 0.4) is 0 Å². The van der Waals surface area contributed by atoms with Crippen molar-refractivity contribution in [2.75, 3.05) is 6.54 Å². The molecule has 0 heterocycles. The van der Waals surface area contributed by atoms with Crippen molar-refractivity contribution in [3.8, 4) is 11.8 Å². The van der Waals surface area contributed by atoms with Gasteiger partial charge in [0.15, 0.2) is 0 Å². The van der Waals surface area contributed by atoms with Gasteiger partial charge in [0.25, 0.3) is 0 Å². The van der Waals surface area contributed by atoms with Gasteiger partial charge < -0.3 is 20.3 Å². The maximum absolute atomic E-state index is 11.7. The Morgan fingerprint density at radius 2 is 0.611 bits per heavy atom. The predicted octanol–water partition coefficient (Wildman–Crippen LogP) is 44.7. The fourth-order valence-corrected chi connectivity index (χ4v) is 14.3. The first-order valence-corrected chi connectivity index (χ1v) is 57.3. The molecular formula is C136H277NO7. The van der Waals surface area contributed by atoms with Crippen LogP contribution in [0.1, 0.15) is 550 Å². The van der Waals surface area contributed by atoms with Crippen LogP contribution in [0, 0.1) is 195 Å². The maximum Gasteiger partial charge on any atom is 0.306 e. The summed E-state index contributed by atoms with van der Waals surface area (Å²) in [5.74, 6) is 25.6. The number of aliphatic carboxylic acids is 1. The summed E-state index contributed by atoms with van der Waals surface area (Å²) in [6.07, 6.45) is 30.3. The maximum atomic E-state index is 11.7. The lowest BCUT2D eigenvalue weighted by atomic mass is 9.84. The molecule has 0 aromatic carbocycles. The standard InChI is InChI=1S/C14H28O2.C13H26O2.C11H23NO.C11H20.C10H20O2.3C10H20.3C9H18.C8H16.C8H14.4CH4/c1-10(2)8-12(11(3)4)9-13(15)16-14(5,6)7;1-9(2)7-12(10(3)4)8-13(14)15-11(5)6;1-8(2)5-10(9(3)4)6-11(13)7-12;1-8(2)7-11(9(3)4)10-5-6-10;1-7(2)5-9(8(3)4)6-10(11)12;1-7(2)9(5)10(6)8(3)4;2*1-6-10(9(4)5)7-8(2)3;3*1-7(2)6-9(5)8(3)4;2*1-7(2)5-6-8(3)4;;;;/h10-12H,8-9H2,1-7H3;9-12H,7-8H2,1-6H3;8-10H,5-7,12H2,1-4H3;7-10H,5-6H2,1-4H3;7-9H,5-6H2,1-4H3,(H,11,12);7-8H,1-6H3;7-9H,6H2,1-5H3;6,8-9H,7H2,1-5H3;3*6-8H,1-5H3;5-8H,1-4H3;7-8H,1-4H3;4*1H4/b;;;11-7-;;10-9+;10-7+;10-6+;2*9-6+;9-6-;6-5+;;;;;. The van der Waals surface area contributed by atoms with Gasteiger partial charge in [-0.15, -0.1) is 11.8 Å². The van der Waals surface area contributed by atoms with E-state index in [0.29, 0.717) is 174 Å². The van der Waals surface area contributed by atoms with Crippen molar-refractivity contribution in [1.29, 1.82) is 0 Å². The summed E-state index contributed by atoms with van der Waals surface area (Å²) in [6, 6.07) is 0. The van der Waals surface area contributed by atoms with Crippen molar-refractivity contribution < 1.29 is 33.8 Å². The topological polar surface area (TPSA) is 133 Å². The third-order valence-electron chi connectivity index (χ3n) is 23.8. The molecule has 1 aliphatic carbocycles. The summed E-state index contributed by atoms with van der Waals surface area (Å²) in [5.41, 5.74) is 17.4. The van der Waals surface area contributed by atoms with Crippen molar-refractivity contribution in [3.05, 3.63) is 93.2 Å². The number of carboxylic acids is 1. The molecule has 0 amide bonds. The van der Waals surface area contributed by atoms with E-state index in [1.807, 2.05) is 34.6 Å². The Hall–Kier alpha value is -4.48. The van der Waals surface area contributed by atoms with E-state index in [1.54, 1.807) is 27.9 Å². The molecule has 3 N–H and O–H groups in total. The molecule has 0 aromatic heterocycles. The first kappa shape index (κ1) is 175. The van der Waals surface area contributed by atoms with Gasteiger partial charge in [0, 0.05) is 37.5 Å². The SMILES string of the molecule is C.C.C.C.C/C(=C(/C)C(C)C)C(C)C.C/C(=C/C(C)C)C(C)C.C/C(=C\C(C)C)C(C)C.C/C(=C\C(C)C)C(C)C.C/C=C(\CC(C)C)C(C)C.CC(C)/C=C(/C(C)C)C1CC1.CC(C)/C=C/C(C)C.CC(C)C#CC(C)C.CC(C)CC(CC(=O)CN)C(C)C.CC(C)CC(CC(=O)O)C(C)C.CC(C)CC(CC(=O)OC(C)(C)C)C(C)C.CC(C)CC(CC(=O)OC(C)C)C(C)C.CC/C(=C\C(C)C)C(C)C. The Morgan fingerprint density at radius 1 is 0.340 bits per heavy atom. The summed E-state index contributed by atoms with van der Waals surface area (Å²) >= 11 is 0. The second-order valence-electron chi connectivity index (χ2n) is 51.1. The van der Waals surface area contributed by atoms with Crippen molar-refractivity contribution in [1.82, 2.24) is 0 Å². The van der Waals surface area contributed by atoms with Gasteiger partial charge in [0.2, 0.25) is 0 Å². The molecule has 1 aliphatic rings. The third kappa shape index (κ3) is 140. The lowest BCUT2D eigenvalue weighted by molar-refractivity contribution is -0.156. The molecule has 8 nitrogen and oxygen atoms in total. The Balaban J connectivity index is -0.0000000883. The number of allylic oxidation sites excluding steroid dienone is 16. The molecule has 0 saturated heterocycles. The minimum absolute atomic E-state index is 0. The minimum atomic E-state index is -0.672. The summed E-state index contributed by atoms with van der Waals surface area (Å²) in [6.45, 7) is 140. The second kappa shape index (κ2) is 104. The van der Waals surface area contributed by atoms with E-state index < -0.39 is 5.97 Å². The average molecular weight is 2040 g/mol. The summed E-state index contributed by atoms with van der Waals surface area (Å²) in [5, 5.41) is 8.65. The molecule has 8 heteroatoms. The number of nitrogens with two attached hydrogens (primary N) is 1. The van der Waals surface area contributed by atoms with Gasteiger partial charge in [-0.2, -0.15) is 0 Å². The van der Waals surface area contributed by atoms with Crippen LogP contribution in [0.15, 0.2) is 93.2 Å². The second-order valence-corrected chi connectivity index (χ2v) is 51.1. The molecule has 0 aliphatic heterocycles. The normalized spacial score (nSPS) is 13.5. The van der Waals surface area contributed by atoms with Gasteiger partial charge in [0.1, 0.15) is 11.4 Å². The van der Waals surface area contributed by atoms with Crippen molar-refractivity contribution in [3.63, 3.8) is 0 Å². The van der Waals surface area contributed by atoms with Crippen LogP contribution in [0.2, 0.25) is 0 Å². The molecule has 4 unspecified atom stereocenters. The van der Waals surface area contributed by atoms with Crippen LogP contribution >= 0.6 is 0 Å². The zero-order valence-corrected chi connectivity index (χ0v) is 107. The number of carbonyl (C=O) groups excluding carboxylic acids is 3. The van der Waals surface area contributed by atoms with E-state index in [1.165, 1.54) is 42.4 Å². The first-order valence-electron chi connectivity index (χ1n) is 57.3. The zero-order valence-electron chi connectivity index (χ0n) is 107. The van der Waals surface area contributed by atoms with E-state index in [0.717, 1.165) is 61.2 Å². The number of rotatable bonds is 41. The van der Waals surface area contributed by atoms with Crippen molar-refractivity contribution in [2.45, 2.75) is 562 Å². The number of carboxylic acid groups (broad SMARTS) is 1. The van der Waals surface area contributed by atoms with Gasteiger partial charge in [-0.3, -0.25) is 19.2 Å². The Labute approximate surface area is 914 Å². The molecule has 1 fully saturated rings. The lowest BCUT2D eigenvalue weighted by Crippen LogP contribution is -2.26. The molecule has 0 aromatic rings. The van der Waals surface area contributed by atoms with E-state index >= 15 is 0 Å². The Morgan fingerprint density at radius 3 is 0.764 bits per heavy atom. The number of esters is 2. The van der Waals surface area contributed by atoms with Gasteiger partial charge in [0.05, 0.1) is 12.6 Å². The van der Waals surface area contributed by atoms with Gasteiger partial charge in [-0.25, -0.2) is 0 Å². The molecule has 144 heavy (non-hydrogen) atoms. The smallest absolute Gasteiger partial charge is 0.306 e. The Bertz CT molecular complexity index is 3110. The number of Topliss-reactive ketones (excluding diaryl/α,β-unsaturated/α-hetero) is 1. The fourth-order valence-electron chi connectivity index (χ4n) is 14.3. The molecule has 1 rings (SSSR count). The highest BCUT2D eigenvalue weighted by Crippen LogP contribution is 2.41. The highest BCUT2D eigenvalue weighted by molar-refractivity contribution is 5.80. The van der Waals surface area contributed by atoms with E-state index in [2.05, 4.69) is 469 Å². The molecule has 1 saturated carbocycles. The summed E-state index contributed by atoms with van der Waals surface area (Å²) < 4.78 is 10.5. The van der Waals surface area contributed by atoms with Crippen LogP contribution in [-0.4, -0.2) is 47.0 Å². The van der Waals surface area contributed by atoms with Crippen LogP contribution in [0.25, 0.3) is 0 Å². The molecule has 0 bridgehead atoms. The Kier molecular flexibility index (Phi) is 127. The zero-order chi connectivity index (χ0) is 114. The number of hydrogen-bond donors (Lipinski definition) is 2. The predicted molar refractivity (Wildman–Crippen MR) is 666 cm³/mol. The number of carbonyl (C=O) groups is 4. The van der Waals surface area contributed by atoms with Crippen LogP contribution in [0.5, 0.6) is 0 Å². The molecule has 0 radical (unpaired) electrons. The lowest BCUT2D eigenvalue weighted by Gasteiger charge is -2.25. The van der Waals surface area contributed by atoms with Crippen LogP contribution < -0.4 is 5.73 Å². The molecule has 0 spiro atoms. The third-order valence-corrected chi connectivity index (χ3v) is 23.8. The monoisotopic (exact) mass is 2040 g/mol. The van der Waals surface area contributed by atoms with Crippen LogP contribution in [0.4, 0.5) is 0 Å². The van der Waals surface area contributed by atoms with Gasteiger partial charge in [-0.1, -0.05) is 490 Å².